The van der Waals surface area contributed by atoms with Crippen LogP contribution >= 0.6 is 0 Å². The molecule has 0 heterocycles. The molecule has 106 valence electrons. The Bertz CT molecular complexity index is 267. The van der Waals surface area contributed by atoms with Crippen LogP contribution in [0, 0.1) is 5.92 Å². The molecule has 0 bridgehead atoms. The summed E-state index contributed by atoms with van der Waals surface area (Å²) in [5.74, 6) is 0.0896. The van der Waals surface area contributed by atoms with Crippen LogP contribution in [0.1, 0.15) is 46.5 Å². The summed E-state index contributed by atoms with van der Waals surface area (Å²) < 4.78 is 0. The molecule has 0 aliphatic rings. The highest BCUT2D eigenvalue weighted by atomic mass is 16.2. The van der Waals surface area contributed by atoms with Gasteiger partial charge in [0.25, 0.3) is 0 Å². The van der Waals surface area contributed by atoms with Gasteiger partial charge in [0.05, 0.1) is 12.1 Å². The van der Waals surface area contributed by atoms with E-state index in [1.165, 1.54) is 6.92 Å². The first-order valence-corrected chi connectivity index (χ1v) is 6.65. The maximum atomic E-state index is 11.8. The molecular weight excluding hydrogens is 230 g/mol. The summed E-state index contributed by atoms with van der Waals surface area (Å²) in [4.78, 5) is 23.2. The molecule has 2 atom stereocenters. The fourth-order valence-corrected chi connectivity index (χ4v) is 1.72. The molecule has 0 aliphatic heterocycles. The highest BCUT2D eigenvalue weighted by Gasteiger charge is 2.21. The molecule has 0 aliphatic carbocycles. The van der Waals surface area contributed by atoms with Gasteiger partial charge in [-0.05, 0) is 38.6 Å². The van der Waals surface area contributed by atoms with Gasteiger partial charge >= 0.3 is 0 Å². The number of amides is 1. The van der Waals surface area contributed by atoms with Crippen LogP contribution in [0.25, 0.3) is 0 Å². The van der Waals surface area contributed by atoms with Crippen molar-refractivity contribution in [3.05, 3.63) is 0 Å². The predicted molar refractivity (Wildman–Crippen MR) is 72.9 cm³/mol. The van der Waals surface area contributed by atoms with Crippen molar-refractivity contribution in [1.29, 1.82) is 0 Å². The van der Waals surface area contributed by atoms with E-state index in [2.05, 4.69) is 5.32 Å². The average molecular weight is 257 g/mol. The molecule has 0 aromatic carbocycles. The van der Waals surface area contributed by atoms with Crippen molar-refractivity contribution in [2.75, 3.05) is 6.54 Å². The number of nitrogens with one attached hydrogen (secondary N) is 1. The van der Waals surface area contributed by atoms with E-state index in [9.17, 15) is 9.59 Å². The molecular formula is C13H27N3O2. The lowest BCUT2D eigenvalue weighted by Crippen LogP contribution is -2.48. The second-order valence-corrected chi connectivity index (χ2v) is 5.19. The third-order valence-corrected chi connectivity index (χ3v) is 2.82. The number of hydrogen-bond acceptors (Lipinski definition) is 4. The first-order chi connectivity index (χ1) is 8.38. The van der Waals surface area contributed by atoms with E-state index in [0.717, 1.165) is 12.8 Å². The van der Waals surface area contributed by atoms with Crippen LogP contribution in [-0.4, -0.2) is 30.3 Å². The molecule has 0 aromatic heterocycles. The minimum absolute atomic E-state index is 0.0220. The van der Waals surface area contributed by atoms with Crippen molar-refractivity contribution in [3.8, 4) is 0 Å². The smallest absolute Gasteiger partial charge is 0.237 e. The van der Waals surface area contributed by atoms with Crippen LogP contribution in [0.2, 0.25) is 0 Å². The van der Waals surface area contributed by atoms with Gasteiger partial charge in [-0.2, -0.15) is 0 Å². The number of nitrogens with two attached hydrogens (primary N) is 2. The summed E-state index contributed by atoms with van der Waals surface area (Å²) in [6, 6.07) is -0.969. The number of rotatable bonds is 9. The molecule has 0 radical (unpaired) electrons. The van der Waals surface area contributed by atoms with Gasteiger partial charge in [-0.15, -0.1) is 0 Å². The summed E-state index contributed by atoms with van der Waals surface area (Å²) in [7, 11) is 0. The molecule has 1 amide bonds. The number of carbonyl (C=O) groups is 2. The van der Waals surface area contributed by atoms with Gasteiger partial charge in [-0.1, -0.05) is 20.3 Å². The van der Waals surface area contributed by atoms with Crippen LogP contribution in [-0.2, 0) is 9.59 Å². The third kappa shape index (κ3) is 7.40. The Hall–Kier alpha value is -0.940. The highest BCUT2D eigenvalue weighted by molar-refractivity contribution is 5.89. The van der Waals surface area contributed by atoms with Crippen molar-refractivity contribution < 1.29 is 9.59 Å². The fraction of sp³-hybridized carbons (Fsp3) is 0.846. The summed E-state index contributed by atoms with van der Waals surface area (Å²) >= 11 is 0. The molecule has 18 heavy (non-hydrogen) atoms. The van der Waals surface area contributed by atoms with E-state index in [1.807, 2.05) is 13.8 Å². The number of Topliss-reactive ketones (excluding diaryl/α,β-unsaturated/α-hetero) is 1. The van der Waals surface area contributed by atoms with E-state index < -0.39 is 12.1 Å². The van der Waals surface area contributed by atoms with E-state index in [4.69, 9.17) is 11.5 Å². The van der Waals surface area contributed by atoms with Gasteiger partial charge in [0.2, 0.25) is 5.91 Å². The molecule has 0 saturated carbocycles. The van der Waals surface area contributed by atoms with Gasteiger partial charge < -0.3 is 16.8 Å². The third-order valence-electron chi connectivity index (χ3n) is 2.82. The van der Waals surface area contributed by atoms with Crippen molar-refractivity contribution >= 4 is 11.7 Å². The number of hydrogen-bond donors (Lipinski definition) is 3. The SMILES string of the molecule is CC(=O)[C@H](CC(C)C)NC(=O)[C@@H](N)CCCCN. The van der Waals surface area contributed by atoms with Crippen LogP contribution < -0.4 is 16.8 Å². The summed E-state index contributed by atoms with van der Waals surface area (Å²) in [5.41, 5.74) is 11.2. The molecule has 0 aromatic rings. The minimum atomic E-state index is -0.550. The van der Waals surface area contributed by atoms with Crippen molar-refractivity contribution in [2.24, 2.45) is 17.4 Å². The molecule has 0 saturated heterocycles. The highest BCUT2D eigenvalue weighted by Crippen LogP contribution is 2.06. The lowest BCUT2D eigenvalue weighted by molar-refractivity contribution is -0.128. The topological polar surface area (TPSA) is 98.2 Å². The van der Waals surface area contributed by atoms with Crippen molar-refractivity contribution in [2.45, 2.75) is 58.5 Å². The maximum absolute atomic E-state index is 11.8. The second-order valence-electron chi connectivity index (χ2n) is 5.19. The van der Waals surface area contributed by atoms with E-state index >= 15 is 0 Å². The normalized spacial score (nSPS) is 14.3. The van der Waals surface area contributed by atoms with Crippen LogP contribution in [0.5, 0.6) is 0 Å². The Morgan fingerprint density at radius 3 is 2.28 bits per heavy atom. The van der Waals surface area contributed by atoms with Crippen molar-refractivity contribution in [1.82, 2.24) is 5.32 Å². The number of carbonyl (C=O) groups excluding carboxylic acids is 2. The standard InChI is InChI=1S/C13H27N3O2/c1-9(2)8-12(10(3)17)16-13(18)11(15)6-4-5-7-14/h9,11-12H,4-8,14-15H2,1-3H3,(H,16,18)/t11-,12-/m0/s1. The molecule has 5 nitrogen and oxygen atoms in total. The lowest BCUT2D eigenvalue weighted by atomic mass is 10.00. The summed E-state index contributed by atoms with van der Waals surface area (Å²) in [5, 5.41) is 2.73. The Morgan fingerprint density at radius 1 is 1.22 bits per heavy atom. The lowest BCUT2D eigenvalue weighted by Gasteiger charge is -2.20. The van der Waals surface area contributed by atoms with Crippen LogP contribution in [0.3, 0.4) is 0 Å². The first-order valence-electron chi connectivity index (χ1n) is 6.65. The molecule has 0 rings (SSSR count). The van der Waals surface area contributed by atoms with Gasteiger partial charge in [0, 0.05) is 0 Å². The first kappa shape index (κ1) is 17.1. The van der Waals surface area contributed by atoms with Gasteiger partial charge in [-0.25, -0.2) is 0 Å². The second kappa shape index (κ2) is 9.05. The van der Waals surface area contributed by atoms with E-state index in [1.54, 1.807) is 0 Å². The Labute approximate surface area is 110 Å². The Morgan fingerprint density at radius 2 is 1.83 bits per heavy atom. The minimum Gasteiger partial charge on any atom is -0.345 e. The van der Waals surface area contributed by atoms with Gasteiger partial charge in [-0.3, -0.25) is 9.59 Å². The van der Waals surface area contributed by atoms with Crippen LogP contribution in [0.15, 0.2) is 0 Å². The largest absolute Gasteiger partial charge is 0.345 e. The zero-order valence-electron chi connectivity index (χ0n) is 11.7. The van der Waals surface area contributed by atoms with E-state index in [0.29, 0.717) is 25.3 Å². The molecule has 5 heteroatoms. The summed E-state index contributed by atoms with van der Waals surface area (Å²) in [6.07, 6.45) is 2.95. The predicted octanol–water partition coefficient (Wildman–Crippen LogP) is 0.563. The molecule has 0 fully saturated rings. The summed E-state index contributed by atoms with van der Waals surface area (Å²) in [6.45, 7) is 6.14. The zero-order valence-corrected chi connectivity index (χ0v) is 11.7. The fourth-order valence-electron chi connectivity index (χ4n) is 1.72. The van der Waals surface area contributed by atoms with Gasteiger partial charge in [0.1, 0.15) is 0 Å². The van der Waals surface area contributed by atoms with Gasteiger partial charge in [0.15, 0.2) is 5.78 Å². The molecule has 5 N–H and O–H groups in total. The van der Waals surface area contributed by atoms with E-state index in [-0.39, 0.29) is 11.7 Å². The Kier molecular flexibility index (Phi) is 8.58. The van der Waals surface area contributed by atoms with Crippen LogP contribution in [0.4, 0.5) is 0 Å². The monoisotopic (exact) mass is 257 g/mol. The average Bonchev–Trinajstić information content (AvgIpc) is 2.27. The molecule has 0 spiro atoms. The number of unbranched alkanes of at least 4 members (excludes halogenated alkanes) is 1. The zero-order chi connectivity index (χ0) is 14.1. The number of ketones is 1. The maximum Gasteiger partial charge on any atom is 0.237 e. The van der Waals surface area contributed by atoms with Crippen molar-refractivity contribution in [3.63, 3.8) is 0 Å². The molecule has 0 unspecified atom stereocenters. The quantitative estimate of drug-likeness (QED) is 0.526. The Balaban J connectivity index is 4.19.